The van der Waals surface area contributed by atoms with Crippen molar-refractivity contribution >= 4 is 0 Å². The lowest BCUT2D eigenvalue weighted by atomic mass is 10.1. The van der Waals surface area contributed by atoms with Crippen LogP contribution >= 0.6 is 0 Å². The van der Waals surface area contributed by atoms with Crippen LogP contribution in [-0.2, 0) is 0 Å². The zero-order valence-electron chi connectivity index (χ0n) is 10.8. The molecule has 0 spiro atoms. The lowest BCUT2D eigenvalue weighted by Gasteiger charge is -2.16. The first-order chi connectivity index (χ1) is 8.88. The molecule has 18 heavy (non-hydrogen) atoms. The average molecular weight is 243 g/mol. The van der Waals surface area contributed by atoms with Crippen molar-refractivity contribution in [2.24, 2.45) is 5.73 Å². The van der Waals surface area contributed by atoms with Gasteiger partial charge in [0.25, 0.3) is 0 Å². The van der Waals surface area contributed by atoms with Crippen molar-refractivity contribution in [2.75, 3.05) is 6.54 Å². The number of benzene rings is 1. The second-order valence-electron chi connectivity index (χ2n) is 4.76. The normalized spacial score (nSPS) is 16.5. The Bertz CT molecular complexity index is 405. The van der Waals surface area contributed by atoms with Gasteiger partial charge in [0.1, 0.15) is 5.75 Å². The van der Waals surface area contributed by atoms with Gasteiger partial charge in [-0.2, -0.15) is 0 Å². The van der Waals surface area contributed by atoms with Crippen molar-refractivity contribution < 1.29 is 4.74 Å². The van der Waals surface area contributed by atoms with E-state index in [2.05, 4.69) is 11.8 Å². The van der Waals surface area contributed by atoms with Crippen LogP contribution in [0.5, 0.6) is 5.75 Å². The molecule has 0 amide bonds. The average Bonchev–Trinajstić information content (AvgIpc) is 2.67. The Kier molecular flexibility index (Phi) is 5.11. The molecule has 0 unspecified atom stereocenters. The molecular weight excluding hydrogens is 222 g/mol. The largest absolute Gasteiger partial charge is 0.490 e. The summed E-state index contributed by atoms with van der Waals surface area (Å²) in [6.45, 7) is 0.403. The van der Waals surface area contributed by atoms with Crippen molar-refractivity contribution in [1.29, 1.82) is 0 Å². The summed E-state index contributed by atoms with van der Waals surface area (Å²) in [5.41, 5.74) is 6.34. The van der Waals surface area contributed by atoms with E-state index in [1.54, 1.807) is 0 Å². The van der Waals surface area contributed by atoms with E-state index in [1.165, 1.54) is 38.5 Å². The Morgan fingerprint density at radius 1 is 1.06 bits per heavy atom. The maximum atomic E-state index is 6.02. The minimum absolute atomic E-state index is 0.397. The lowest BCUT2D eigenvalue weighted by molar-refractivity contribution is 0.184. The molecule has 0 heterocycles. The fourth-order valence-corrected chi connectivity index (χ4v) is 2.32. The van der Waals surface area contributed by atoms with E-state index >= 15 is 0 Å². The van der Waals surface area contributed by atoms with E-state index < -0.39 is 0 Å². The molecule has 0 saturated heterocycles. The summed E-state index contributed by atoms with van der Waals surface area (Å²) in [6, 6.07) is 8.00. The van der Waals surface area contributed by atoms with Crippen molar-refractivity contribution in [1.82, 2.24) is 0 Å². The van der Waals surface area contributed by atoms with Crippen LogP contribution in [0.15, 0.2) is 24.3 Å². The first-order valence-corrected chi connectivity index (χ1v) is 6.84. The second-order valence-corrected chi connectivity index (χ2v) is 4.76. The molecule has 1 aromatic carbocycles. The van der Waals surface area contributed by atoms with E-state index in [0.717, 1.165) is 11.3 Å². The molecule has 96 valence electrons. The Morgan fingerprint density at radius 2 is 1.72 bits per heavy atom. The molecule has 2 N–H and O–H groups in total. The van der Waals surface area contributed by atoms with Gasteiger partial charge in [-0.3, -0.25) is 0 Å². The highest BCUT2D eigenvalue weighted by molar-refractivity contribution is 5.38. The van der Waals surface area contributed by atoms with Gasteiger partial charge < -0.3 is 10.5 Å². The third-order valence-corrected chi connectivity index (χ3v) is 3.29. The van der Waals surface area contributed by atoms with Crippen molar-refractivity contribution in [3.05, 3.63) is 29.8 Å². The van der Waals surface area contributed by atoms with Crippen molar-refractivity contribution in [3.8, 4) is 17.6 Å². The second kappa shape index (κ2) is 7.08. The van der Waals surface area contributed by atoms with Crippen molar-refractivity contribution in [2.45, 2.75) is 44.6 Å². The smallest absolute Gasteiger partial charge is 0.119 e. The zero-order valence-corrected chi connectivity index (χ0v) is 10.8. The third-order valence-electron chi connectivity index (χ3n) is 3.29. The fraction of sp³-hybridized carbons (Fsp3) is 0.500. The molecule has 0 bridgehead atoms. The molecule has 1 aliphatic rings. The predicted molar refractivity (Wildman–Crippen MR) is 74.5 cm³/mol. The van der Waals surface area contributed by atoms with Gasteiger partial charge in [-0.15, -0.1) is 0 Å². The fourth-order valence-electron chi connectivity index (χ4n) is 2.32. The summed E-state index contributed by atoms with van der Waals surface area (Å²) in [5.74, 6) is 6.82. The highest BCUT2D eigenvalue weighted by Crippen LogP contribution is 2.22. The topological polar surface area (TPSA) is 35.2 Å². The van der Waals surface area contributed by atoms with Crippen LogP contribution in [0.2, 0.25) is 0 Å². The molecule has 0 radical (unpaired) electrons. The van der Waals surface area contributed by atoms with Gasteiger partial charge >= 0.3 is 0 Å². The van der Waals surface area contributed by atoms with Gasteiger partial charge in [-0.25, -0.2) is 0 Å². The molecule has 0 aliphatic heterocycles. The van der Waals surface area contributed by atoms with Gasteiger partial charge in [0, 0.05) is 5.56 Å². The van der Waals surface area contributed by atoms with Gasteiger partial charge in [-0.1, -0.05) is 24.7 Å². The molecule has 2 rings (SSSR count). The van der Waals surface area contributed by atoms with E-state index in [9.17, 15) is 0 Å². The molecule has 2 heteroatoms. The highest BCUT2D eigenvalue weighted by atomic mass is 16.5. The molecule has 0 aromatic heterocycles. The molecule has 1 aromatic rings. The van der Waals surface area contributed by atoms with Crippen LogP contribution in [0.25, 0.3) is 0 Å². The first-order valence-electron chi connectivity index (χ1n) is 6.84. The molecular formula is C16H21NO. The van der Waals surface area contributed by atoms with E-state index in [1.807, 2.05) is 24.3 Å². The Labute approximate surface area is 110 Å². The standard InChI is InChI=1S/C16H21NO/c17-13-5-6-14-9-11-16(12-10-14)18-15-7-3-1-2-4-8-15/h9-12,15H,1-4,7-8,13,17H2. The Hall–Kier alpha value is -1.46. The maximum absolute atomic E-state index is 6.02. The maximum Gasteiger partial charge on any atom is 0.119 e. The molecule has 1 aliphatic carbocycles. The van der Waals surface area contributed by atoms with Crippen LogP contribution in [-0.4, -0.2) is 12.6 Å². The van der Waals surface area contributed by atoms with Crippen LogP contribution in [0.3, 0.4) is 0 Å². The number of ether oxygens (including phenoxy) is 1. The molecule has 1 fully saturated rings. The molecule has 1 saturated carbocycles. The van der Waals surface area contributed by atoms with Gasteiger partial charge in [-0.05, 0) is 49.9 Å². The SMILES string of the molecule is NCC#Cc1ccc(OC2CCCCCC2)cc1. The van der Waals surface area contributed by atoms with Crippen molar-refractivity contribution in [3.63, 3.8) is 0 Å². The summed E-state index contributed by atoms with van der Waals surface area (Å²) in [4.78, 5) is 0. The molecule has 2 nitrogen and oxygen atoms in total. The Balaban J connectivity index is 1.92. The number of hydrogen-bond acceptors (Lipinski definition) is 2. The minimum Gasteiger partial charge on any atom is -0.490 e. The van der Waals surface area contributed by atoms with Crippen LogP contribution in [0, 0.1) is 11.8 Å². The third kappa shape index (κ3) is 4.09. The summed E-state index contributed by atoms with van der Waals surface area (Å²) in [7, 11) is 0. The van der Waals surface area contributed by atoms with E-state index in [0.29, 0.717) is 12.6 Å². The summed E-state index contributed by atoms with van der Waals surface area (Å²) in [5, 5.41) is 0. The van der Waals surface area contributed by atoms with Gasteiger partial charge in [0.2, 0.25) is 0 Å². The van der Waals surface area contributed by atoms with E-state index in [4.69, 9.17) is 10.5 Å². The summed E-state index contributed by atoms with van der Waals surface area (Å²) < 4.78 is 6.02. The van der Waals surface area contributed by atoms with Crippen LogP contribution < -0.4 is 10.5 Å². The number of hydrogen-bond donors (Lipinski definition) is 1. The monoisotopic (exact) mass is 243 g/mol. The Morgan fingerprint density at radius 3 is 2.33 bits per heavy atom. The predicted octanol–water partition coefficient (Wildman–Crippen LogP) is 3.10. The summed E-state index contributed by atoms with van der Waals surface area (Å²) >= 11 is 0. The van der Waals surface area contributed by atoms with Gasteiger partial charge in [0.05, 0.1) is 12.6 Å². The quantitative estimate of drug-likeness (QED) is 0.640. The first kappa shape index (κ1) is 13.0. The number of rotatable bonds is 2. The minimum atomic E-state index is 0.397. The van der Waals surface area contributed by atoms with Gasteiger partial charge in [0.15, 0.2) is 0 Å². The van der Waals surface area contributed by atoms with Crippen LogP contribution in [0.4, 0.5) is 0 Å². The summed E-state index contributed by atoms with van der Waals surface area (Å²) in [6.07, 6.45) is 8.08. The zero-order chi connectivity index (χ0) is 12.6. The highest BCUT2D eigenvalue weighted by Gasteiger charge is 2.13. The molecule has 0 atom stereocenters. The lowest BCUT2D eigenvalue weighted by Crippen LogP contribution is -2.14. The van der Waals surface area contributed by atoms with E-state index in [-0.39, 0.29) is 0 Å². The number of nitrogens with two attached hydrogens (primary N) is 1. The van der Waals surface area contributed by atoms with Crippen LogP contribution in [0.1, 0.15) is 44.1 Å².